The monoisotopic (exact) mass is 228 g/mol. The number of rotatable bonds is 4. The van der Waals surface area contributed by atoms with Crippen LogP contribution >= 0.6 is 0 Å². The van der Waals surface area contributed by atoms with Gasteiger partial charge in [-0.1, -0.05) is 6.92 Å². The number of nitrogens with one attached hydrogen (secondary N) is 2. The maximum absolute atomic E-state index is 9.09. The van der Waals surface area contributed by atoms with Gasteiger partial charge in [0.15, 0.2) is 5.90 Å². The molecule has 5 nitrogen and oxygen atoms in total. The zero-order chi connectivity index (χ0) is 11.6. The molecule has 0 aromatic rings. The number of ether oxygens (including phenoxy) is 2. The van der Waals surface area contributed by atoms with Crippen LogP contribution in [0.3, 0.4) is 0 Å². The molecule has 0 saturated carbocycles. The van der Waals surface area contributed by atoms with Crippen molar-refractivity contribution >= 4 is 5.90 Å². The van der Waals surface area contributed by atoms with Gasteiger partial charge in [-0.15, -0.1) is 0 Å². The fourth-order valence-electron chi connectivity index (χ4n) is 2.44. The summed E-state index contributed by atoms with van der Waals surface area (Å²) in [6.45, 7) is 4.81. The van der Waals surface area contributed by atoms with E-state index in [1.54, 1.807) is 0 Å². The van der Waals surface area contributed by atoms with Crippen molar-refractivity contribution in [3.8, 4) is 0 Å². The van der Waals surface area contributed by atoms with Crippen LogP contribution in [0, 0.1) is 16.7 Å². The third-order valence-corrected chi connectivity index (χ3v) is 3.69. The molecule has 0 aromatic heterocycles. The van der Waals surface area contributed by atoms with Crippen molar-refractivity contribution in [1.29, 1.82) is 5.41 Å². The van der Waals surface area contributed by atoms with Crippen molar-refractivity contribution < 1.29 is 14.6 Å². The fraction of sp³-hybridized carbons (Fsp3) is 0.909. The predicted octanol–water partition coefficient (Wildman–Crippen LogP) is -0.0128. The second-order valence-corrected chi connectivity index (χ2v) is 4.66. The molecule has 2 heterocycles. The van der Waals surface area contributed by atoms with Gasteiger partial charge in [0.1, 0.15) is 6.10 Å². The first-order valence-electron chi connectivity index (χ1n) is 5.88. The standard InChI is InChI=1S/C11H20N2O3/c1-2-9(4-14)16-10(12)11-6-13-3-8(11)5-15-7-11/h8-9,12-14H,2-7H2,1H3/t8?,9?,11-/m0/s1. The minimum atomic E-state index is -0.289. The second kappa shape index (κ2) is 4.69. The van der Waals surface area contributed by atoms with Crippen LogP contribution in [0.4, 0.5) is 0 Å². The molecule has 2 fully saturated rings. The van der Waals surface area contributed by atoms with Crippen LogP contribution in [0.1, 0.15) is 13.3 Å². The molecule has 0 aliphatic carbocycles. The van der Waals surface area contributed by atoms with Gasteiger partial charge in [-0.25, -0.2) is 0 Å². The van der Waals surface area contributed by atoms with Gasteiger partial charge < -0.3 is 19.9 Å². The van der Waals surface area contributed by atoms with Gasteiger partial charge in [0.25, 0.3) is 0 Å². The van der Waals surface area contributed by atoms with Crippen LogP contribution in [-0.4, -0.2) is 50.0 Å². The lowest BCUT2D eigenvalue weighted by Gasteiger charge is -2.29. The number of aliphatic hydroxyl groups excluding tert-OH is 1. The van der Waals surface area contributed by atoms with Crippen molar-refractivity contribution in [1.82, 2.24) is 5.32 Å². The lowest BCUT2D eigenvalue weighted by Crippen LogP contribution is -2.41. The third kappa shape index (κ3) is 1.83. The third-order valence-electron chi connectivity index (χ3n) is 3.69. The summed E-state index contributed by atoms with van der Waals surface area (Å²) in [7, 11) is 0. The zero-order valence-electron chi connectivity index (χ0n) is 9.66. The van der Waals surface area contributed by atoms with E-state index in [9.17, 15) is 0 Å². The van der Waals surface area contributed by atoms with E-state index in [2.05, 4.69) is 5.32 Å². The molecule has 3 N–H and O–H groups in total. The molecule has 0 bridgehead atoms. The molecular weight excluding hydrogens is 208 g/mol. The van der Waals surface area contributed by atoms with E-state index in [4.69, 9.17) is 20.0 Å². The minimum absolute atomic E-state index is 0.0338. The van der Waals surface area contributed by atoms with Crippen LogP contribution in [0.15, 0.2) is 0 Å². The number of aliphatic hydroxyl groups is 1. The van der Waals surface area contributed by atoms with Gasteiger partial charge in [-0.2, -0.15) is 0 Å². The second-order valence-electron chi connectivity index (χ2n) is 4.66. The topological polar surface area (TPSA) is 74.6 Å². The maximum Gasteiger partial charge on any atom is 0.191 e. The summed E-state index contributed by atoms with van der Waals surface area (Å²) < 4.78 is 11.0. The first-order chi connectivity index (χ1) is 7.73. The molecule has 0 radical (unpaired) electrons. The molecule has 2 aliphatic heterocycles. The Kier molecular flexibility index (Phi) is 3.47. The van der Waals surface area contributed by atoms with Crippen molar-refractivity contribution in [2.75, 3.05) is 32.9 Å². The Hall–Kier alpha value is -0.650. The van der Waals surface area contributed by atoms with E-state index in [0.29, 0.717) is 25.6 Å². The first kappa shape index (κ1) is 11.8. The highest BCUT2D eigenvalue weighted by molar-refractivity contribution is 5.81. The lowest BCUT2D eigenvalue weighted by atomic mass is 9.81. The van der Waals surface area contributed by atoms with E-state index >= 15 is 0 Å². The summed E-state index contributed by atoms with van der Waals surface area (Å²) in [6, 6.07) is 0. The summed E-state index contributed by atoms with van der Waals surface area (Å²) in [5, 5.41) is 20.5. The molecule has 0 spiro atoms. The summed E-state index contributed by atoms with van der Waals surface area (Å²) >= 11 is 0. The molecule has 2 aliphatic rings. The van der Waals surface area contributed by atoms with Gasteiger partial charge in [0.2, 0.25) is 0 Å². The van der Waals surface area contributed by atoms with E-state index in [1.165, 1.54) is 0 Å². The Morgan fingerprint density at radius 2 is 2.56 bits per heavy atom. The minimum Gasteiger partial charge on any atom is -0.475 e. The number of fused-ring (bicyclic) bond motifs is 1. The lowest BCUT2D eigenvalue weighted by molar-refractivity contribution is 0.0803. The van der Waals surface area contributed by atoms with Crippen molar-refractivity contribution in [3.63, 3.8) is 0 Å². The summed E-state index contributed by atoms with van der Waals surface area (Å²) in [4.78, 5) is 0. The molecule has 92 valence electrons. The smallest absolute Gasteiger partial charge is 0.191 e. The van der Waals surface area contributed by atoms with Gasteiger partial charge >= 0.3 is 0 Å². The normalized spacial score (nSPS) is 34.8. The predicted molar refractivity (Wildman–Crippen MR) is 59.6 cm³/mol. The Balaban J connectivity index is 2.03. The summed E-state index contributed by atoms with van der Waals surface area (Å²) in [6.07, 6.45) is 0.456. The van der Waals surface area contributed by atoms with Gasteiger partial charge in [-0.3, -0.25) is 5.41 Å². The zero-order valence-corrected chi connectivity index (χ0v) is 9.66. The Bertz CT molecular complexity index is 256. The van der Waals surface area contributed by atoms with E-state index in [1.807, 2.05) is 6.92 Å². The quantitative estimate of drug-likeness (QED) is 0.467. The Labute approximate surface area is 95.6 Å². The van der Waals surface area contributed by atoms with Gasteiger partial charge in [0.05, 0.1) is 25.2 Å². The molecule has 2 rings (SSSR count). The van der Waals surface area contributed by atoms with Crippen molar-refractivity contribution in [3.05, 3.63) is 0 Å². The van der Waals surface area contributed by atoms with Crippen LogP contribution in [-0.2, 0) is 9.47 Å². The molecule has 0 amide bonds. The number of hydrogen-bond acceptors (Lipinski definition) is 5. The highest BCUT2D eigenvalue weighted by Crippen LogP contribution is 2.39. The Morgan fingerprint density at radius 1 is 1.75 bits per heavy atom. The molecule has 5 heteroatoms. The molecule has 2 saturated heterocycles. The van der Waals surface area contributed by atoms with Gasteiger partial charge in [-0.05, 0) is 6.42 Å². The summed E-state index contributed by atoms with van der Waals surface area (Å²) in [5.74, 6) is 0.622. The van der Waals surface area contributed by atoms with E-state index in [0.717, 1.165) is 13.1 Å². The van der Waals surface area contributed by atoms with Crippen molar-refractivity contribution in [2.45, 2.75) is 19.4 Å². The van der Waals surface area contributed by atoms with Crippen molar-refractivity contribution in [2.24, 2.45) is 11.3 Å². The average Bonchev–Trinajstić information content (AvgIpc) is 2.84. The molecule has 16 heavy (non-hydrogen) atoms. The van der Waals surface area contributed by atoms with E-state index in [-0.39, 0.29) is 24.0 Å². The average molecular weight is 228 g/mol. The van der Waals surface area contributed by atoms with E-state index < -0.39 is 0 Å². The van der Waals surface area contributed by atoms with Crippen LogP contribution in [0.5, 0.6) is 0 Å². The number of hydrogen-bond donors (Lipinski definition) is 3. The first-order valence-corrected chi connectivity index (χ1v) is 5.88. The van der Waals surface area contributed by atoms with Crippen LogP contribution < -0.4 is 5.32 Å². The largest absolute Gasteiger partial charge is 0.475 e. The fourth-order valence-corrected chi connectivity index (χ4v) is 2.44. The summed E-state index contributed by atoms with van der Waals surface area (Å²) in [5.41, 5.74) is -0.289. The molecule has 0 aromatic carbocycles. The highest BCUT2D eigenvalue weighted by Gasteiger charge is 2.52. The van der Waals surface area contributed by atoms with Gasteiger partial charge in [0, 0.05) is 19.0 Å². The molecular formula is C11H20N2O3. The Morgan fingerprint density at radius 3 is 3.25 bits per heavy atom. The molecule has 2 unspecified atom stereocenters. The maximum atomic E-state index is 9.09. The highest BCUT2D eigenvalue weighted by atomic mass is 16.5. The van der Waals surface area contributed by atoms with Crippen LogP contribution in [0.2, 0.25) is 0 Å². The van der Waals surface area contributed by atoms with Crippen LogP contribution in [0.25, 0.3) is 0 Å². The molecule has 3 atom stereocenters. The SMILES string of the molecule is CCC(CO)OC(=N)[C@]12CNCC1COC2.